The van der Waals surface area contributed by atoms with Gasteiger partial charge in [0.1, 0.15) is 4.60 Å². The van der Waals surface area contributed by atoms with Gasteiger partial charge in [-0.2, -0.15) is 0 Å². The number of hydrogen-bond acceptors (Lipinski definition) is 4. The Labute approximate surface area is 133 Å². The van der Waals surface area contributed by atoms with Crippen LogP contribution in [0.1, 0.15) is 24.9 Å². The minimum atomic E-state index is 0.188. The van der Waals surface area contributed by atoms with Gasteiger partial charge in [-0.05, 0) is 52.2 Å². The van der Waals surface area contributed by atoms with Gasteiger partial charge < -0.3 is 14.8 Å². The number of ether oxygens (including phenoxy) is 2. The van der Waals surface area contributed by atoms with E-state index in [9.17, 15) is 0 Å². The summed E-state index contributed by atoms with van der Waals surface area (Å²) in [7, 11) is 3.29. The van der Waals surface area contributed by atoms with Crippen molar-refractivity contribution in [2.45, 2.75) is 19.4 Å². The monoisotopic (exact) mass is 350 g/mol. The van der Waals surface area contributed by atoms with Gasteiger partial charge in [0.2, 0.25) is 0 Å². The first-order chi connectivity index (χ1) is 10.2. The van der Waals surface area contributed by atoms with Crippen molar-refractivity contribution >= 4 is 21.6 Å². The Morgan fingerprint density at radius 1 is 1.14 bits per heavy atom. The zero-order chi connectivity index (χ0) is 15.2. The molecule has 0 saturated carbocycles. The largest absolute Gasteiger partial charge is 0.493 e. The third-order valence-electron chi connectivity index (χ3n) is 3.29. The molecule has 4 nitrogen and oxygen atoms in total. The summed E-state index contributed by atoms with van der Waals surface area (Å²) in [4.78, 5) is 4.23. The Morgan fingerprint density at radius 2 is 1.90 bits per heavy atom. The van der Waals surface area contributed by atoms with Gasteiger partial charge in [0, 0.05) is 0 Å². The lowest BCUT2D eigenvalue weighted by Gasteiger charge is -2.20. The van der Waals surface area contributed by atoms with E-state index >= 15 is 0 Å². The predicted molar refractivity (Wildman–Crippen MR) is 88.1 cm³/mol. The van der Waals surface area contributed by atoms with Crippen LogP contribution >= 0.6 is 15.9 Å². The Hall–Kier alpha value is -1.75. The second-order valence-electron chi connectivity index (χ2n) is 4.59. The van der Waals surface area contributed by atoms with Crippen LogP contribution in [-0.4, -0.2) is 19.2 Å². The zero-order valence-corrected chi connectivity index (χ0v) is 14.0. The van der Waals surface area contributed by atoms with Gasteiger partial charge in [-0.25, -0.2) is 4.98 Å². The van der Waals surface area contributed by atoms with E-state index in [1.165, 1.54) is 0 Å². The first-order valence-electron chi connectivity index (χ1n) is 6.78. The number of halogens is 1. The van der Waals surface area contributed by atoms with Crippen molar-refractivity contribution in [1.82, 2.24) is 4.98 Å². The Kier molecular flexibility index (Phi) is 5.44. The summed E-state index contributed by atoms with van der Waals surface area (Å²) in [6.07, 6.45) is 2.76. The van der Waals surface area contributed by atoms with Gasteiger partial charge in [-0.3, -0.25) is 0 Å². The second-order valence-corrected chi connectivity index (χ2v) is 5.40. The van der Waals surface area contributed by atoms with Crippen LogP contribution < -0.4 is 14.8 Å². The van der Waals surface area contributed by atoms with E-state index in [4.69, 9.17) is 9.47 Å². The average molecular weight is 351 g/mol. The number of pyridine rings is 1. The highest BCUT2D eigenvalue weighted by Gasteiger charge is 2.13. The molecule has 2 aromatic rings. The number of nitrogens with zero attached hydrogens (tertiary/aromatic N) is 1. The fourth-order valence-corrected chi connectivity index (χ4v) is 2.39. The second kappa shape index (κ2) is 7.31. The molecule has 1 unspecified atom stereocenters. The van der Waals surface area contributed by atoms with Crippen molar-refractivity contribution in [1.29, 1.82) is 0 Å². The average Bonchev–Trinajstić information content (AvgIpc) is 2.53. The minimum Gasteiger partial charge on any atom is -0.493 e. The van der Waals surface area contributed by atoms with E-state index in [0.717, 1.165) is 33.8 Å². The fourth-order valence-electron chi connectivity index (χ4n) is 2.15. The maximum Gasteiger partial charge on any atom is 0.161 e. The van der Waals surface area contributed by atoms with Gasteiger partial charge in [0.25, 0.3) is 0 Å². The number of benzene rings is 1. The molecule has 1 heterocycles. The molecule has 0 amide bonds. The highest BCUT2D eigenvalue weighted by atomic mass is 79.9. The molecule has 0 radical (unpaired) electrons. The summed E-state index contributed by atoms with van der Waals surface area (Å²) >= 11 is 3.34. The highest BCUT2D eigenvalue weighted by Crippen LogP contribution is 2.32. The summed E-state index contributed by atoms with van der Waals surface area (Å²) in [5.41, 5.74) is 2.14. The Morgan fingerprint density at radius 3 is 2.48 bits per heavy atom. The number of hydrogen-bond donors (Lipinski definition) is 1. The van der Waals surface area contributed by atoms with Crippen LogP contribution in [0.2, 0.25) is 0 Å². The third-order valence-corrected chi connectivity index (χ3v) is 3.76. The summed E-state index contributed by atoms with van der Waals surface area (Å²) in [6.45, 7) is 2.14. The molecular weight excluding hydrogens is 332 g/mol. The SMILES string of the molecule is CCC(Nc1ccc(Br)nc1)c1ccc(OC)c(OC)c1. The standard InChI is InChI=1S/C16H19BrN2O2/c1-4-13(19-12-6-8-16(17)18-10-12)11-5-7-14(20-2)15(9-11)21-3/h5-10,13,19H,4H2,1-3H3. The maximum atomic E-state index is 5.37. The van der Waals surface area contributed by atoms with Crippen LogP contribution in [0.15, 0.2) is 41.1 Å². The molecule has 0 fully saturated rings. The van der Waals surface area contributed by atoms with Gasteiger partial charge in [-0.1, -0.05) is 13.0 Å². The lowest BCUT2D eigenvalue weighted by molar-refractivity contribution is 0.354. The summed E-state index contributed by atoms with van der Waals surface area (Å²) in [6, 6.07) is 10.1. The number of aromatic nitrogens is 1. The van der Waals surface area contributed by atoms with Gasteiger partial charge in [-0.15, -0.1) is 0 Å². The van der Waals surface area contributed by atoms with Crippen LogP contribution in [0.25, 0.3) is 0 Å². The highest BCUT2D eigenvalue weighted by molar-refractivity contribution is 9.10. The van der Waals surface area contributed by atoms with Crippen molar-refractivity contribution in [3.05, 3.63) is 46.7 Å². The molecule has 21 heavy (non-hydrogen) atoms. The van der Waals surface area contributed by atoms with Crippen molar-refractivity contribution in [2.75, 3.05) is 19.5 Å². The molecule has 0 aliphatic rings. The van der Waals surface area contributed by atoms with Crippen molar-refractivity contribution in [3.63, 3.8) is 0 Å². The lowest BCUT2D eigenvalue weighted by Crippen LogP contribution is -2.10. The molecular formula is C16H19BrN2O2. The van der Waals surface area contributed by atoms with Gasteiger partial charge >= 0.3 is 0 Å². The van der Waals surface area contributed by atoms with Crippen LogP contribution in [0.4, 0.5) is 5.69 Å². The van der Waals surface area contributed by atoms with Crippen molar-refractivity contribution in [3.8, 4) is 11.5 Å². The third kappa shape index (κ3) is 3.88. The van der Waals surface area contributed by atoms with E-state index in [0.29, 0.717) is 0 Å². The molecule has 0 spiro atoms. The van der Waals surface area contributed by atoms with E-state index < -0.39 is 0 Å². The number of nitrogens with one attached hydrogen (secondary N) is 1. The normalized spacial score (nSPS) is 11.8. The first-order valence-corrected chi connectivity index (χ1v) is 7.57. The molecule has 0 aliphatic heterocycles. The van der Waals surface area contributed by atoms with Crippen molar-refractivity contribution in [2.24, 2.45) is 0 Å². The van der Waals surface area contributed by atoms with Crippen molar-refractivity contribution < 1.29 is 9.47 Å². The molecule has 2 rings (SSSR count). The quantitative estimate of drug-likeness (QED) is 0.783. The Balaban J connectivity index is 2.22. The van der Waals surface area contributed by atoms with Crippen LogP contribution in [-0.2, 0) is 0 Å². The number of methoxy groups -OCH3 is 2. The molecule has 0 saturated heterocycles. The molecule has 0 aliphatic carbocycles. The van der Waals surface area contributed by atoms with Crippen LogP contribution in [0.5, 0.6) is 11.5 Å². The Bertz CT molecular complexity index is 587. The molecule has 112 valence electrons. The summed E-state index contributed by atoms with van der Waals surface area (Å²) in [5, 5.41) is 3.48. The van der Waals surface area contributed by atoms with E-state index in [2.05, 4.69) is 39.2 Å². The molecule has 1 aromatic heterocycles. The van der Waals surface area contributed by atoms with Crippen LogP contribution in [0.3, 0.4) is 0 Å². The topological polar surface area (TPSA) is 43.4 Å². The van der Waals surface area contributed by atoms with E-state index in [-0.39, 0.29) is 6.04 Å². The smallest absolute Gasteiger partial charge is 0.161 e. The van der Waals surface area contributed by atoms with Gasteiger partial charge in [0.15, 0.2) is 11.5 Å². The predicted octanol–water partition coefficient (Wildman–Crippen LogP) is 4.42. The van der Waals surface area contributed by atoms with Crippen LogP contribution in [0, 0.1) is 0 Å². The summed E-state index contributed by atoms with van der Waals surface area (Å²) < 4.78 is 11.5. The molecule has 5 heteroatoms. The fraction of sp³-hybridized carbons (Fsp3) is 0.312. The maximum absolute atomic E-state index is 5.37. The minimum absolute atomic E-state index is 0.188. The van der Waals surface area contributed by atoms with Gasteiger partial charge in [0.05, 0.1) is 32.1 Å². The number of anilines is 1. The molecule has 1 N–H and O–H groups in total. The first kappa shape index (κ1) is 15.6. The van der Waals surface area contributed by atoms with E-state index in [1.807, 2.05) is 30.5 Å². The molecule has 1 aromatic carbocycles. The zero-order valence-electron chi connectivity index (χ0n) is 12.4. The lowest BCUT2D eigenvalue weighted by atomic mass is 10.0. The molecule has 1 atom stereocenters. The number of rotatable bonds is 6. The summed E-state index contributed by atoms with van der Waals surface area (Å²) in [5.74, 6) is 1.48. The molecule has 0 bridgehead atoms. The van der Waals surface area contributed by atoms with E-state index in [1.54, 1.807) is 14.2 Å².